The highest BCUT2D eigenvalue weighted by Gasteiger charge is 2.35. The van der Waals surface area contributed by atoms with Crippen LogP contribution in [0, 0.1) is 0 Å². The minimum absolute atomic E-state index is 0. The number of carbonyl (C=O) groups excluding carboxylic acids is 2. The molecule has 0 fully saturated rings. The monoisotopic (exact) mass is 240 g/mol. The number of halogens is 1. The van der Waals surface area contributed by atoms with Crippen molar-refractivity contribution in [3.05, 3.63) is 35.4 Å². The quantitative estimate of drug-likeness (QED) is 0.786. The summed E-state index contributed by atoms with van der Waals surface area (Å²) in [6, 6.07) is 6.62. The van der Waals surface area contributed by atoms with Gasteiger partial charge in [-0.05, 0) is 19.1 Å². The highest BCUT2D eigenvalue weighted by atomic mass is 35.5. The van der Waals surface area contributed by atoms with Crippen LogP contribution in [-0.2, 0) is 0 Å². The first-order valence-electron chi connectivity index (χ1n) is 4.82. The molecule has 1 aromatic carbocycles. The lowest BCUT2D eigenvalue weighted by Crippen LogP contribution is -2.39. The molecule has 4 nitrogen and oxygen atoms in total. The van der Waals surface area contributed by atoms with Crippen LogP contribution >= 0.6 is 12.4 Å². The smallest absolute Gasteiger partial charge is 0.261 e. The fraction of sp³-hybridized carbons (Fsp3) is 0.273. The van der Waals surface area contributed by atoms with Crippen LogP contribution in [0.1, 0.15) is 27.6 Å². The third-order valence-electron chi connectivity index (χ3n) is 2.35. The molecule has 5 heteroatoms. The van der Waals surface area contributed by atoms with E-state index in [2.05, 4.69) is 0 Å². The second kappa shape index (κ2) is 4.63. The molecule has 1 unspecified atom stereocenters. The molecule has 0 saturated heterocycles. The number of imide groups is 1. The first-order valence-corrected chi connectivity index (χ1v) is 4.82. The summed E-state index contributed by atoms with van der Waals surface area (Å²) in [6.45, 7) is 2.04. The van der Waals surface area contributed by atoms with Crippen molar-refractivity contribution in [2.75, 3.05) is 6.54 Å². The Morgan fingerprint density at radius 1 is 1.19 bits per heavy atom. The van der Waals surface area contributed by atoms with Crippen LogP contribution in [0.4, 0.5) is 0 Å². The fourth-order valence-corrected chi connectivity index (χ4v) is 1.69. The second-order valence-electron chi connectivity index (χ2n) is 3.74. The molecule has 0 aromatic heterocycles. The number of nitrogens with two attached hydrogens (primary N) is 1. The Balaban J connectivity index is 0.00000128. The normalized spacial score (nSPS) is 15.8. The summed E-state index contributed by atoms with van der Waals surface area (Å²) in [4.78, 5) is 24.8. The van der Waals surface area contributed by atoms with Crippen LogP contribution in [0.15, 0.2) is 24.3 Å². The van der Waals surface area contributed by atoms with Crippen molar-refractivity contribution in [1.29, 1.82) is 0 Å². The van der Waals surface area contributed by atoms with Gasteiger partial charge >= 0.3 is 0 Å². The third kappa shape index (κ3) is 1.94. The van der Waals surface area contributed by atoms with E-state index in [-0.39, 0.29) is 36.8 Å². The lowest BCUT2D eigenvalue weighted by atomic mass is 10.1. The molecule has 1 aliphatic rings. The molecule has 1 aliphatic heterocycles. The van der Waals surface area contributed by atoms with Gasteiger partial charge in [-0.25, -0.2) is 0 Å². The first-order chi connectivity index (χ1) is 7.11. The molecule has 86 valence electrons. The zero-order valence-corrected chi connectivity index (χ0v) is 9.66. The number of hydrogen-bond acceptors (Lipinski definition) is 3. The van der Waals surface area contributed by atoms with Crippen molar-refractivity contribution in [3.63, 3.8) is 0 Å². The Bertz CT molecular complexity index is 397. The second-order valence-corrected chi connectivity index (χ2v) is 3.74. The maximum atomic E-state index is 11.8. The Kier molecular flexibility index (Phi) is 3.67. The van der Waals surface area contributed by atoms with Crippen molar-refractivity contribution in [3.8, 4) is 0 Å². The predicted octanol–water partition coefficient (Wildman–Crippen LogP) is 1.05. The third-order valence-corrected chi connectivity index (χ3v) is 2.35. The van der Waals surface area contributed by atoms with Crippen LogP contribution in [-0.4, -0.2) is 29.3 Å². The summed E-state index contributed by atoms with van der Waals surface area (Å²) in [7, 11) is 0. The number of rotatable bonds is 2. The Labute approximate surface area is 99.8 Å². The van der Waals surface area contributed by atoms with Crippen molar-refractivity contribution < 1.29 is 9.59 Å². The van der Waals surface area contributed by atoms with Crippen molar-refractivity contribution in [1.82, 2.24) is 4.90 Å². The first kappa shape index (κ1) is 12.7. The van der Waals surface area contributed by atoms with Crippen LogP contribution in [0.25, 0.3) is 0 Å². The van der Waals surface area contributed by atoms with E-state index >= 15 is 0 Å². The molecule has 2 amide bonds. The maximum absolute atomic E-state index is 11.8. The Hall–Kier alpha value is -1.39. The standard InChI is InChI=1S/C11H12N2O2.ClH/c1-7(12)6-13-10(14)8-4-2-3-5-9(8)11(13)15;/h2-5,7H,6,12H2,1H3;1H. The minimum atomic E-state index is -0.243. The van der Waals surface area contributed by atoms with Gasteiger partial charge < -0.3 is 5.73 Å². The van der Waals surface area contributed by atoms with Gasteiger partial charge in [0.1, 0.15) is 0 Å². The molecule has 0 bridgehead atoms. The van der Waals surface area contributed by atoms with Crippen LogP contribution in [0.2, 0.25) is 0 Å². The van der Waals surface area contributed by atoms with E-state index in [1.807, 2.05) is 0 Å². The zero-order valence-electron chi connectivity index (χ0n) is 8.84. The van der Waals surface area contributed by atoms with Crippen LogP contribution in [0.3, 0.4) is 0 Å². The van der Waals surface area contributed by atoms with E-state index in [1.54, 1.807) is 31.2 Å². The number of fused-ring (bicyclic) bond motifs is 1. The highest BCUT2D eigenvalue weighted by Crippen LogP contribution is 2.22. The summed E-state index contributed by atoms with van der Waals surface area (Å²) >= 11 is 0. The number of carbonyl (C=O) groups is 2. The van der Waals surface area contributed by atoms with Gasteiger partial charge in [-0.3, -0.25) is 14.5 Å². The molecule has 2 rings (SSSR count). The van der Waals surface area contributed by atoms with Gasteiger partial charge in [0.05, 0.1) is 11.1 Å². The molecular formula is C11H13ClN2O2. The van der Waals surface area contributed by atoms with Gasteiger partial charge in [0, 0.05) is 12.6 Å². The van der Waals surface area contributed by atoms with Crippen LogP contribution in [0.5, 0.6) is 0 Å². The lowest BCUT2D eigenvalue weighted by molar-refractivity contribution is 0.0647. The van der Waals surface area contributed by atoms with E-state index in [1.165, 1.54) is 4.90 Å². The van der Waals surface area contributed by atoms with E-state index < -0.39 is 0 Å². The minimum Gasteiger partial charge on any atom is -0.326 e. The van der Waals surface area contributed by atoms with E-state index in [0.29, 0.717) is 11.1 Å². The van der Waals surface area contributed by atoms with Crippen molar-refractivity contribution in [2.45, 2.75) is 13.0 Å². The summed E-state index contributed by atoms with van der Waals surface area (Å²) < 4.78 is 0. The molecule has 0 aliphatic carbocycles. The molecule has 2 N–H and O–H groups in total. The van der Waals surface area contributed by atoms with Crippen molar-refractivity contribution in [2.24, 2.45) is 5.73 Å². The van der Waals surface area contributed by atoms with Gasteiger partial charge in [-0.1, -0.05) is 12.1 Å². The average molecular weight is 241 g/mol. The topological polar surface area (TPSA) is 63.4 Å². The molecule has 0 saturated carbocycles. The van der Waals surface area contributed by atoms with Gasteiger partial charge in [-0.15, -0.1) is 12.4 Å². The summed E-state index contributed by atoms with van der Waals surface area (Å²) in [5.74, 6) is -0.485. The Morgan fingerprint density at radius 2 is 1.62 bits per heavy atom. The average Bonchev–Trinajstić information content (AvgIpc) is 2.44. The van der Waals surface area contributed by atoms with Gasteiger partial charge in [0.2, 0.25) is 0 Å². The van der Waals surface area contributed by atoms with Gasteiger partial charge in [0.15, 0.2) is 0 Å². The molecule has 0 spiro atoms. The molecular weight excluding hydrogens is 228 g/mol. The summed E-state index contributed by atoms with van der Waals surface area (Å²) in [5, 5.41) is 0. The van der Waals surface area contributed by atoms with Gasteiger partial charge in [0.25, 0.3) is 11.8 Å². The number of hydrogen-bond donors (Lipinski definition) is 1. The SMILES string of the molecule is CC(N)CN1C(=O)c2ccccc2C1=O.Cl. The lowest BCUT2D eigenvalue weighted by Gasteiger charge is -2.15. The van der Waals surface area contributed by atoms with Crippen molar-refractivity contribution >= 4 is 24.2 Å². The molecule has 0 radical (unpaired) electrons. The molecule has 16 heavy (non-hydrogen) atoms. The Morgan fingerprint density at radius 3 is 2.00 bits per heavy atom. The summed E-state index contributed by atoms with van der Waals surface area (Å²) in [5.41, 5.74) is 6.54. The molecule has 1 heterocycles. The van der Waals surface area contributed by atoms with E-state index in [0.717, 1.165) is 0 Å². The number of nitrogens with zero attached hydrogens (tertiary/aromatic N) is 1. The molecule has 1 atom stereocenters. The van der Waals surface area contributed by atoms with Crippen LogP contribution < -0.4 is 5.73 Å². The predicted molar refractivity (Wildman–Crippen MR) is 62.7 cm³/mol. The number of amides is 2. The highest BCUT2D eigenvalue weighted by molar-refractivity contribution is 6.21. The zero-order chi connectivity index (χ0) is 11.0. The molecule has 1 aromatic rings. The number of benzene rings is 1. The van der Waals surface area contributed by atoms with E-state index in [4.69, 9.17) is 5.73 Å². The summed E-state index contributed by atoms with van der Waals surface area (Å²) in [6.07, 6.45) is 0. The van der Waals surface area contributed by atoms with E-state index in [9.17, 15) is 9.59 Å². The maximum Gasteiger partial charge on any atom is 0.261 e. The van der Waals surface area contributed by atoms with Gasteiger partial charge in [-0.2, -0.15) is 0 Å². The largest absolute Gasteiger partial charge is 0.326 e. The fourth-order valence-electron chi connectivity index (χ4n) is 1.69.